The van der Waals surface area contributed by atoms with E-state index in [0.29, 0.717) is 0 Å². The maximum Gasteiger partial charge on any atom is -1.00 e. The zero-order valence-electron chi connectivity index (χ0n) is 13.8. The summed E-state index contributed by atoms with van der Waals surface area (Å²) in [5.41, 5.74) is 4.34. The van der Waals surface area contributed by atoms with Crippen LogP contribution in [0.5, 0.6) is 0 Å². The summed E-state index contributed by atoms with van der Waals surface area (Å²) in [5, 5.41) is 1.60. The molecule has 0 heterocycles. The number of hydrogen-bond acceptors (Lipinski definition) is 0. The fourth-order valence-electron chi connectivity index (χ4n) is 2.51. The van der Waals surface area contributed by atoms with Crippen molar-refractivity contribution >= 4 is 8.07 Å². The molecule has 0 spiro atoms. The minimum atomic E-state index is -1.18. The minimum Gasteiger partial charge on any atom is -1.00 e. The van der Waals surface area contributed by atoms with Gasteiger partial charge in [0.25, 0.3) is 0 Å². The van der Waals surface area contributed by atoms with Gasteiger partial charge in [-0.05, 0) is 0 Å². The molecule has 1 aromatic rings. The third-order valence-electron chi connectivity index (χ3n) is 4.04. The summed E-state index contributed by atoms with van der Waals surface area (Å²) in [5.74, 6) is 0. The van der Waals surface area contributed by atoms with Crippen LogP contribution < -0.4 is 37.2 Å². The Balaban J connectivity index is 0. The molecule has 0 fully saturated rings. The molecule has 120 valence electrons. The van der Waals surface area contributed by atoms with Crippen molar-refractivity contribution in [3.05, 3.63) is 58.3 Å². The molecule has 0 saturated heterocycles. The molecular formula is C17H23Cl3SiTi. The Kier molecular flexibility index (Phi) is 10.2. The van der Waals surface area contributed by atoms with Gasteiger partial charge in [0.1, 0.15) is 0 Å². The van der Waals surface area contributed by atoms with E-state index in [-0.39, 0.29) is 40.9 Å². The van der Waals surface area contributed by atoms with Crippen molar-refractivity contribution in [1.82, 2.24) is 0 Å². The average molecular weight is 410 g/mol. The van der Waals surface area contributed by atoms with Crippen molar-refractivity contribution < 1.29 is 57.7 Å². The summed E-state index contributed by atoms with van der Waals surface area (Å²) in [4.78, 5) is 0. The molecule has 0 radical (unpaired) electrons. The summed E-state index contributed by atoms with van der Waals surface area (Å²) >= 11 is 2.36. The summed E-state index contributed by atoms with van der Waals surface area (Å²) in [7, 11) is -1.18. The first-order valence-corrected chi connectivity index (χ1v) is 11.2. The molecule has 0 N–H and O–H groups in total. The number of benzene rings is 1. The van der Waals surface area contributed by atoms with Crippen LogP contribution in [0.25, 0.3) is 0 Å². The molecule has 1 aliphatic carbocycles. The van der Waals surface area contributed by atoms with Gasteiger partial charge >= 0.3 is 130 Å². The molecule has 22 heavy (non-hydrogen) atoms. The van der Waals surface area contributed by atoms with Gasteiger partial charge in [-0.15, -0.1) is 0 Å². The molecule has 1 unspecified atom stereocenters. The van der Waals surface area contributed by atoms with Gasteiger partial charge in [0.15, 0.2) is 0 Å². The smallest absolute Gasteiger partial charge is 1.00 e. The van der Waals surface area contributed by atoms with Crippen LogP contribution in [-0.4, -0.2) is 8.07 Å². The number of allylic oxidation sites excluding steroid dienone is 4. The van der Waals surface area contributed by atoms with Gasteiger partial charge in [-0.2, -0.15) is 0 Å². The topological polar surface area (TPSA) is 0 Å². The molecule has 1 atom stereocenters. The second-order valence-corrected chi connectivity index (χ2v) is 13.3. The van der Waals surface area contributed by atoms with E-state index in [4.69, 9.17) is 0 Å². The third-order valence-corrected chi connectivity index (χ3v) is 6.84. The van der Waals surface area contributed by atoms with E-state index in [1.165, 1.54) is 16.7 Å². The second kappa shape index (κ2) is 9.11. The van der Waals surface area contributed by atoms with Crippen LogP contribution in [0.1, 0.15) is 16.7 Å². The Hall–Kier alpha value is 0.501. The Morgan fingerprint density at radius 3 is 2.14 bits per heavy atom. The van der Waals surface area contributed by atoms with Crippen LogP contribution >= 0.6 is 0 Å². The quantitative estimate of drug-likeness (QED) is 0.446. The average Bonchev–Trinajstić information content (AvgIpc) is 2.68. The van der Waals surface area contributed by atoms with Crippen LogP contribution in [0.4, 0.5) is 0 Å². The van der Waals surface area contributed by atoms with Crippen LogP contribution in [-0.2, 0) is 26.9 Å². The molecule has 0 amide bonds. The Morgan fingerprint density at radius 1 is 1.05 bits per heavy atom. The van der Waals surface area contributed by atoms with E-state index in [1.54, 1.807) is 5.20 Å². The first kappa shape index (κ1) is 24.7. The zero-order valence-corrected chi connectivity index (χ0v) is 18.6. The van der Waals surface area contributed by atoms with E-state index in [9.17, 15) is 0 Å². The molecule has 0 nitrogen and oxygen atoms in total. The van der Waals surface area contributed by atoms with Crippen LogP contribution in [0.3, 0.4) is 0 Å². The maximum atomic E-state index is 2.51. The number of halogens is 3. The third kappa shape index (κ3) is 5.85. The standard InChI is InChI=1S/C17H23Si.3ClH.Ti/c1-13-7-6-8-16(14(13)2)11-15-9-10-17(12-15)18(3,4)5;;;;/h6-10,12H,11H2,1-5H3;3*1H;/q;;;;+3/p-3. The first-order chi connectivity index (χ1) is 8.71. The van der Waals surface area contributed by atoms with Gasteiger partial charge in [-0.25, -0.2) is 0 Å². The Bertz CT molecular complexity index is 562. The largest absolute Gasteiger partial charge is 1.00 e. The van der Waals surface area contributed by atoms with Gasteiger partial charge in [-0.1, -0.05) is 0 Å². The molecule has 0 bridgehead atoms. The number of rotatable bonds is 3. The van der Waals surface area contributed by atoms with Crippen molar-refractivity contribution in [3.8, 4) is 0 Å². The van der Waals surface area contributed by atoms with E-state index < -0.39 is 8.07 Å². The fourth-order valence-corrected chi connectivity index (χ4v) is 4.68. The van der Waals surface area contributed by atoms with Crippen molar-refractivity contribution in [2.24, 2.45) is 0 Å². The minimum absolute atomic E-state index is 0. The van der Waals surface area contributed by atoms with E-state index in [2.05, 4.69) is 90.4 Å². The van der Waals surface area contributed by atoms with Gasteiger partial charge in [-0.3, -0.25) is 0 Å². The van der Waals surface area contributed by atoms with Gasteiger partial charge in [0, 0.05) is 0 Å². The molecular weight excluding hydrogens is 386 g/mol. The molecule has 0 aliphatic heterocycles. The summed E-state index contributed by atoms with van der Waals surface area (Å²) in [6.45, 7) is 11.7. The molecule has 0 aromatic heterocycles. The van der Waals surface area contributed by atoms with Crippen molar-refractivity contribution in [2.45, 2.75) is 43.6 Å². The monoisotopic (exact) mass is 408 g/mol. The first-order valence-electron chi connectivity index (χ1n) is 6.94. The summed E-state index contributed by atoms with van der Waals surface area (Å²) < 4.78 is 0.203. The number of hydrogen-bond donors (Lipinski definition) is 0. The number of aryl methyl sites for hydroxylation is 1. The molecule has 2 rings (SSSR count). The molecule has 1 aliphatic rings. The van der Waals surface area contributed by atoms with E-state index >= 15 is 0 Å². The molecule has 0 saturated carbocycles. The summed E-state index contributed by atoms with van der Waals surface area (Å²) in [6, 6.07) is 6.67. The molecule has 1 aromatic carbocycles. The van der Waals surface area contributed by atoms with Gasteiger partial charge in [0.05, 0.1) is 0 Å². The Morgan fingerprint density at radius 2 is 1.64 bits per heavy atom. The van der Waals surface area contributed by atoms with Crippen molar-refractivity contribution in [3.63, 3.8) is 0 Å². The fraction of sp³-hybridized carbons (Fsp3) is 0.412. The predicted octanol–water partition coefficient (Wildman–Crippen LogP) is -4.06. The zero-order chi connectivity index (χ0) is 14.3. The summed E-state index contributed by atoms with van der Waals surface area (Å²) in [6.07, 6.45) is 8.41. The second-order valence-electron chi connectivity index (χ2n) is 6.76. The van der Waals surface area contributed by atoms with Gasteiger partial charge in [0.2, 0.25) is 0 Å². The predicted molar refractivity (Wildman–Crippen MR) is 82.9 cm³/mol. The van der Waals surface area contributed by atoms with Crippen LogP contribution in [0.2, 0.25) is 23.4 Å². The van der Waals surface area contributed by atoms with Gasteiger partial charge < -0.3 is 37.2 Å². The van der Waals surface area contributed by atoms with Crippen molar-refractivity contribution in [1.29, 1.82) is 0 Å². The maximum absolute atomic E-state index is 2.51. The normalized spacial score (nSPS) is 19.7. The van der Waals surface area contributed by atoms with Crippen LogP contribution in [0.15, 0.2) is 41.6 Å². The Labute approximate surface area is 166 Å². The SMILES string of the molecule is Cc1cccc(C[C]2([Ti+3])C=CC([Si](C)(C)C)=C2)c1C.[Cl-].[Cl-].[Cl-]. The molecule has 5 heteroatoms. The van der Waals surface area contributed by atoms with Crippen molar-refractivity contribution in [2.75, 3.05) is 0 Å². The van der Waals surface area contributed by atoms with E-state index in [1.807, 2.05) is 0 Å². The van der Waals surface area contributed by atoms with Crippen LogP contribution in [0, 0.1) is 13.8 Å². The van der Waals surface area contributed by atoms with E-state index in [0.717, 1.165) is 6.42 Å².